The van der Waals surface area contributed by atoms with Crippen molar-refractivity contribution in [1.29, 1.82) is 0 Å². The van der Waals surface area contributed by atoms with E-state index in [1.165, 1.54) is 24.3 Å². The molecular formula is C11H13FN2O2. The lowest BCUT2D eigenvalue weighted by Crippen LogP contribution is -2.20. The molecule has 1 atom stereocenters. The van der Waals surface area contributed by atoms with E-state index >= 15 is 0 Å². The molecule has 0 aliphatic carbocycles. The Kier molecular flexibility index (Phi) is 4.16. The molecule has 0 fully saturated rings. The highest BCUT2D eigenvalue weighted by molar-refractivity contribution is 5.85. The number of rotatable bonds is 4. The van der Waals surface area contributed by atoms with Gasteiger partial charge in [0.25, 0.3) is 0 Å². The molecule has 0 radical (unpaired) electrons. The fraction of sp³-hybridized carbons (Fsp3) is 0.182. The minimum Gasteiger partial charge on any atom is -0.478 e. The summed E-state index contributed by atoms with van der Waals surface area (Å²) < 4.78 is 13.3. The first kappa shape index (κ1) is 12.4. The highest BCUT2D eigenvalue weighted by Gasteiger charge is 2.06. The summed E-state index contributed by atoms with van der Waals surface area (Å²) >= 11 is 0. The molecule has 1 rings (SSSR count). The maximum absolute atomic E-state index is 13.3. The van der Waals surface area contributed by atoms with Gasteiger partial charge in [0.05, 0.1) is 0 Å². The van der Waals surface area contributed by atoms with Crippen LogP contribution < -0.4 is 11.5 Å². The summed E-state index contributed by atoms with van der Waals surface area (Å²) in [5.74, 6) is -1.63. The third kappa shape index (κ3) is 3.15. The molecule has 0 heterocycles. The van der Waals surface area contributed by atoms with Crippen LogP contribution in [0.4, 0.5) is 4.39 Å². The second kappa shape index (κ2) is 5.39. The highest BCUT2D eigenvalue weighted by atomic mass is 19.1. The number of carboxylic acids is 1. The molecular weight excluding hydrogens is 211 g/mol. The monoisotopic (exact) mass is 224 g/mol. The summed E-state index contributed by atoms with van der Waals surface area (Å²) in [6.45, 7) is 0.244. The van der Waals surface area contributed by atoms with E-state index in [1.807, 2.05) is 0 Å². The Morgan fingerprint density at radius 2 is 2.25 bits per heavy atom. The van der Waals surface area contributed by atoms with Gasteiger partial charge in [-0.1, -0.05) is 6.07 Å². The maximum atomic E-state index is 13.3. The number of nitrogens with two attached hydrogens (primary N) is 2. The number of aliphatic carboxylic acids is 1. The molecule has 0 saturated carbocycles. The molecule has 1 aromatic rings. The Bertz CT molecular complexity index is 418. The fourth-order valence-corrected chi connectivity index (χ4v) is 1.22. The van der Waals surface area contributed by atoms with E-state index in [1.54, 1.807) is 0 Å². The number of hydrogen-bond donors (Lipinski definition) is 3. The minimum absolute atomic E-state index is 0.184. The molecule has 0 aliphatic rings. The van der Waals surface area contributed by atoms with Crippen LogP contribution in [-0.2, 0) is 4.79 Å². The Morgan fingerprint density at radius 1 is 1.56 bits per heavy atom. The molecule has 0 bridgehead atoms. The summed E-state index contributed by atoms with van der Waals surface area (Å²) in [6.07, 6.45) is 2.06. The summed E-state index contributed by atoms with van der Waals surface area (Å²) in [4.78, 5) is 10.3. The predicted octanol–water partition coefficient (Wildman–Crippen LogP) is 0.882. The molecule has 5 N–H and O–H groups in total. The van der Waals surface area contributed by atoms with Gasteiger partial charge in [0.15, 0.2) is 0 Å². The third-order valence-corrected chi connectivity index (χ3v) is 2.11. The van der Waals surface area contributed by atoms with Gasteiger partial charge in [-0.2, -0.15) is 0 Å². The van der Waals surface area contributed by atoms with E-state index < -0.39 is 11.8 Å². The average Bonchev–Trinajstić information content (AvgIpc) is 2.26. The maximum Gasteiger partial charge on any atom is 0.328 e. The van der Waals surface area contributed by atoms with Crippen LogP contribution in [-0.4, -0.2) is 17.6 Å². The van der Waals surface area contributed by atoms with Crippen LogP contribution in [0.2, 0.25) is 0 Å². The second-order valence-corrected chi connectivity index (χ2v) is 3.29. The van der Waals surface area contributed by atoms with Crippen molar-refractivity contribution in [2.45, 2.75) is 6.04 Å². The molecule has 0 spiro atoms. The van der Waals surface area contributed by atoms with Crippen molar-refractivity contribution in [3.8, 4) is 0 Å². The van der Waals surface area contributed by atoms with Crippen molar-refractivity contribution in [3.05, 3.63) is 41.2 Å². The quantitative estimate of drug-likeness (QED) is 0.662. The summed E-state index contributed by atoms with van der Waals surface area (Å²) in [6, 6.07) is 3.89. The SMILES string of the molecule is NC[C@@H](N)c1ccc(F)c(/C=C/C(=O)O)c1. The molecule has 0 unspecified atom stereocenters. The van der Waals surface area contributed by atoms with Crippen molar-refractivity contribution in [1.82, 2.24) is 0 Å². The van der Waals surface area contributed by atoms with Crippen molar-refractivity contribution in [2.24, 2.45) is 11.5 Å². The van der Waals surface area contributed by atoms with Gasteiger partial charge in [-0.05, 0) is 23.8 Å². The lowest BCUT2D eigenvalue weighted by molar-refractivity contribution is -0.131. The predicted molar refractivity (Wildman–Crippen MR) is 59.1 cm³/mol. The standard InChI is InChI=1S/C11H13FN2O2/c12-9-3-1-8(10(14)6-13)5-7(9)2-4-11(15)16/h1-5,10H,6,13-14H2,(H,15,16)/b4-2+/t10-/m1/s1. The first-order valence-electron chi connectivity index (χ1n) is 4.70. The third-order valence-electron chi connectivity index (χ3n) is 2.11. The highest BCUT2D eigenvalue weighted by Crippen LogP contribution is 2.16. The molecule has 0 saturated heterocycles. The fourth-order valence-electron chi connectivity index (χ4n) is 1.22. The Morgan fingerprint density at radius 3 is 2.81 bits per heavy atom. The van der Waals surface area contributed by atoms with Crippen LogP contribution in [0.25, 0.3) is 6.08 Å². The number of carboxylic acid groups (broad SMARTS) is 1. The number of carbonyl (C=O) groups is 1. The van der Waals surface area contributed by atoms with Gasteiger partial charge in [0.2, 0.25) is 0 Å². The summed E-state index contributed by atoms with van der Waals surface area (Å²) in [5, 5.41) is 8.44. The average molecular weight is 224 g/mol. The van der Waals surface area contributed by atoms with Gasteiger partial charge in [0, 0.05) is 24.2 Å². The first-order valence-corrected chi connectivity index (χ1v) is 4.70. The molecule has 0 amide bonds. The summed E-state index contributed by atoms with van der Waals surface area (Å²) in [7, 11) is 0. The van der Waals surface area contributed by atoms with Crippen LogP contribution in [0, 0.1) is 5.82 Å². The van der Waals surface area contributed by atoms with E-state index in [0.717, 1.165) is 6.08 Å². The van der Waals surface area contributed by atoms with Crippen molar-refractivity contribution >= 4 is 12.0 Å². The Balaban J connectivity index is 3.03. The van der Waals surface area contributed by atoms with Gasteiger partial charge >= 0.3 is 5.97 Å². The van der Waals surface area contributed by atoms with Gasteiger partial charge < -0.3 is 16.6 Å². The Labute approximate surface area is 92.4 Å². The zero-order valence-electron chi connectivity index (χ0n) is 8.56. The van der Waals surface area contributed by atoms with Crippen molar-refractivity contribution < 1.29 is 14.3 Å². The Hall–Kier alpha value is -1.72. The van der Waals surface area contributed by atoms with Gasteiger partial charge in [-0.3, -0.25) is 0 Å². The van der Waals surface area contributed by atoms with Crippen LogP contribution >= 0.6 is 0 Å². The van der Waals surface area contributed by atoms with Crippen LogP contribution in [0.3, 0.4) is 0 Å². The lowest BCUT2D eigenvalue weighted by Gasteiger charge is -2.09. The molecule has 1 aromatic carbocycles. The van der Waals surface area contributed by atoms with Crippen LogP contribution in [0.5, 0.6) is 0 Å². The smallest absolute Gasteiger partial charge is 0.328 e. The summed E-state index contributed by atoms with van der Waals surface area (Å²) in [5.41, 5.74) is 11.9. The molecule has 5 heteroatoms. The van der Waals surface area contributed by atoms with E-state index in [-0.39, 0.29) is 18.2 Å². The normalized spacial score (nSPS) is 12.9. The molecule has 86 valence electrons. The van der Waals surface area contributed by atoms with Gasteiger partial charge in [-0.15, -0.1) is 0 Å². The van der Waals surface area contributed by atoms with Crippen molar-refractivity contribution in [2.75, 3.05) is 6.54 Å². The lowest BCUT2D eigenvalue weighted by atomic mass is 10.0. The van der Waals surface area contributed by atoms with E-state index in [9.17, 15) is 9.18 Å². The van der Waals surface area contributed by atoms with Crippen molar-refractivity contribution in [3.63, 3.8) is 0 Å². The molecule has 0 aliphatic heterocycles. The van der Waals surface area contributed by atoms with Crippen LogP contribution in [0.15, 0.2) is 24.3 Å². The zero-order valence-corrected chi connectivity index (χ0v) is 8.56. The van der Waals surface area contributed by atoms with Gasteiger partial charge in [-0.25, -0.2) is 9.18 Å². The molecule has 16 heavy (non-hydrogen) atoms. The molecule has 0 aromatic heterocycles. The van der Waals surface area contributed by atoms with E-state index in [2.05, 4.69) is 0 Å². The van der Waals surface area contributed by atoms with Gasteiger partial charge in [0.1, 0.15) is 5.82 Å². The second-order valence-electron chi connectivity index (χ2n) is 3.29. The first-order chi connectivity index (χ1) is 7.54. The number of halogens is 1. The van der Waals surface area contributed by atoms with E-state index in [4.69, 9.17) is 16.6 Å². The minimum atomic E-state index is -1.13. The largest absolute Gasteiger partial charge is 0.478 e. The molecule has 4 nitrogen and oxygen atoms in total. The number of benzene rings is 1. The zero-order chi connectivity index (χ0) is 12.1. The van der Waals surface area contributed by atoms with Crippen LogP contribution in [0.1, 0.15) is 17.2 Å². The topological polar surface area (TPSA) is 89.3 Å². The number of hydrogen-bond acceptors (Lipinski definition) is 3. The van der Waals surface area contributed by atoms with E-state index in [0.29, 0.717) is 5.56 Å².